The van der Waals surface area contributed by atoms with Crippen LogP contribution in [0.25, 0.3) is 0 Å². The molecule has 1 saturated heterocycles. The molecule has 0 aromatic rings. The van der Waals surface area contributed by atoms with E-state index in [9.17, 15) is 13.2 Å². The number of esters is 1. The van der Waals surface area contributed by atoms with Crippen LogP contribution in [0.15, 0.2) is 0 Å². The third kappa shape index (κ3) is 5.10. The summed E-state index contributed by atoms with van der Waals surface area (Å²) in [4.78, 5) is 11.0. The number of hydrogen-bond donors (Lipinski definition) is 0. The number of ether oxygens (including phenoxy) is 1. The van der Waals surface area contributed by atoms with Crippen LogP contribution < -0.4 is 0 Å². The standard InChI is InChI=1S/C13H25NO4S/c1-3-7-12-8-4-5-10-14(12)19(16,17)11-6-9-13(15)18-2/h12H,3-11H2,1-2H3. The Labute approximate surface area is 116 Å². The first-order valence-corrected chi connectivity index (χ1v) is 8.68. The molecule has 1 aliphatic heterocycles. The number of nitrogens with zero attached hydrogens (tertiary/aromatic N) is 1. The van der Waals surface area contributed by atoms with E-state index < -0.39 is 10.0 Å². The number of carbonyl (C=O) groups is 1. The first-order valence-electron chi connectivity index (χ1n) is 7.07. The van der Waals surface area contributed by atoms with Gasteiger partial charge in [-0.3, -0.25) is 4.79 Å². The van der Waals surface area contributed by atoms with Gasteiger partial charge in [0.25, 0.3) is 0 Å². The zero-order valence-corrected chi connectivity index (χ0v) is 12.7. The summed E-state index contributed by atoms with van der Waals surface area (Å²) in [7, 11) is -1.91. The van der Waals surface area contributed by atoms with Crippen LogP contribution in [-0.2, 0) is 19.6 Å². The lowest BCUT2D eigenvalue weighted by Crippen LogP contribution is -2.44. The van der Waals surface area contributed by atoms with E-state index in [-0.39, 0.29) is 24.2 Å². The molecule has 1 aliphatic rings. The molecule has 1 rings (SSSR count). The fourth-order valence-corrected chi connectivity index (χ4v) is 4.40. The molecule has 0 aromatic heterocycles. The summed E-state index contributed by atoms with van der Waals surface area (Å²) in [5.74, 6) is -0.304. The van der Waals surface area contributed by atoms with Crippen LogP contribution in [0.2, 0.25) is 0 Å². The molecule has 6 heteroatoms. The quantitative estimate of drug-likeness (QED) is 0.672. The number of piperidine rings is 1. The van der Waals surface area contributed by atoms with Gasteiger partial charge < -0.3 is 4.74 Å². The number of carbonyl (C=O) groups excluding carboxylic acids is 1. The molecular formula is C13H25NO4S. The van der Waals surface area contributed by atoms with E-state index in [2.05, 4.69) is 11.7 Å². The molecule has 0 aromatic carbocycles. The predicted molar refractivity (Wildman–Crippen MR) is 74.3 cm³/mol. The van der Waals surface area contributed by atoms with E-state index in [0.717, 1.165) is 32.1 Å². The van der Waals surface area contributed by atoms with Crippen LogP contribution in [0, 0.1) is 0 Å². The molecule has 1 fully saturated rings. The molecule has 0 bridgehead atoms. The molecule has 112 valence electrons. The molecule has 0 saturated carbocycles. The highest BCUT2D eigenvalue weighted by atomic mass is 32.2. The molecule has 5 nitrogen and oxygen atoms in total. The normalized spacial score (nSPS) is 21.3. The van der Waals surface area contributed by atoms with Gasteiger partial charge in [0.2, 0.25) is 10.0 Å². The minimum atomic E-state index is -3.23. The fraction of sp³-hybridized carbons (Fsp3) is 0.923. The second-order valence-corrected chi connectivity index (χ2v) is 7.09. The van der Waals surface area contributed by atoms with E-state index in [4.69, 9.17) is 0 Å². The Hall–Kier alpha value is -0.620. The van der Waals surface area contributed by atoms with Crippen molar-refractivity contribution in [3.8, 4) is 0 Å². The van der Waals surface area contributed by atoms with Crippen LogP contribution in [0.3, 0.4) is 0 Å². The second-order valence-electron chi connectivity index (χ2n) is 5.04. The molecule has 1 atom stereocenters. The summed E-state index contributed by atoms with van der Waals surface area (Å²) >= 11 is 0. The highest BCUT2D eigenvalue weighted by molar-refractivity contribution is 7.89. The average molecular weight is 291 g/mol. The molecular weight excluding hydrogens is 266 g/mol. The Morgan fingerprint density at radius 1 is 1.37 bits per heavy atom. The maximum Gasteiger partial charge on any atom is 0.305 e. The van der Waals surface area contributed by atoms with E-state index in [0.29, 0.717) is 13.0 Å². The summed E-state index contributed by atoms with van der Waals surface area (Å²) in [5, 5.41) is 0. The van der Waals surface area contributed by atoms with Crippen molar-refractivity contribution < 1.29 is 17.9 Å². The molecule has 0 N–H and O–H groups in total. The van der Waals surface area contributed by atoms with Gasteiger partial charge in [-0.05, 0) is 25.7 Å². The lowest BCUT2D eigenvalue weighted by molar-refractivity contribution is -0.140. The Morgan fingerprint density at radius 3 is 2.74 bits per heavy atom. The molecule has 0 amide bonds. The smallest absolute Gasteiger partial charge is 0.305 e. The maximum atomic E-state index is 12.3. The van der Waals surface area contributed by atoms with Gasteiger partial charge in [0.05, 0.1) is 12.9 Å². The number of hydrogen-bond acceptors (Lipinski definition) is 4. The van der Waals surface area contributed by atoms with Crippen LogP contribution in [-0.4, -0.2) is 44.1 Å². The minimum absolute atomic E-state index is 0.0440. The molecule has 19 heavy (non-hydrogen) atoms. The van der Waals surface area contributed by atoms with E-state index >= 15 is 0 Å². The monoisotopic (exact) mass is 291 g/mol. The van der Waals surface area contributed by atoms with Crippen molar-refractivity contribution in [2.45, 2.75) is 57.9 Å². The van der Waals surface area contributed by atoms with Crippen molar-refractivity contribution in [2.75, 3.05) is 19.4 Å². The Kier molecular flexibility index (Phi) is 6.79. The van der Waals surface area contributed by atoms with Gasteiger partial charge >= 0.3 is 5.97 Å². The number of sulfonamides is 1. The Morgan fingerprint density at radius 2 is 2.11 bits per heavy atom. The lowest BCUT2D eigenvalue weighted by Gasteiger charge is -2.34. The highest BCUT2D eigenvalue weighted by Crippen LogP contribution is 2.24. The molecule has 0 aliphatic carbocycles. The van der Waals surface area contributed by atoms with Crippen molar-refractivity contribution in [2.24, 2.45) is 0 Å². The second kappa shape index (κ2) is 7.85. The fourth-order valence-electron chi connectivity index (χ4n) is 2.58. The van der Waals surface area contributed by atoms with Crippen molar-refractivity contribution in [1.29, 1.82) is 0 Å². The van der Waals surface area contributed by atoms with Gasteiger partial charge in [0.1, 0.15) is 0 Å². The third-order valence-electron chi connectivity index (χ3n) is 3.56. The summed E-state index contributed by atoms with van der Waals surface area (Å²) < 4.78 is 30.8. The number of methoxy groups -OCH3 is 1. The van der Waals surface area contributed by atoms with Crippen molar-refractivity contribution in [1.82, 2.24) is 4.31 Å². The van der Waals surface area contributed by atoms with Crippen LogP contribution >= 0.6 is 0 Å². The van der Waals surface area contributed by atoms with Crippen molar-refractivity contribution >= 4 is 16.0 Å². The van der Waals surface area contributed by atoms with Crippen molar-refractivity contribution in [3.63, 3.8) is 0 Å². The van der Waals surface area contributed by atoms with Gasteiger partial charge in [-0.15, -0.1) is 0 Å². The van der Waals surface area contributed by atoms with Gasteiger partial charge in [0, 0.05) is 19.0 Å². The Bertz CT molecular complexity index is 378. The largest absolute Gasteiger partial charge is 0.469 e. The highest BCUT2D eigenvalue weighted by Gasteiger charge is 2.31. The molecule has 1 heterocycles. The average Bonchev–Trinajstić information content (AvgIpc) is 2.39. The van der Waals surface area contributed by atoms with Crippen LogP contribution in [0.4, 0.5) is 0 Å². The molecule has 0 radical (unpaired) electrons. The van der Waals surface area contributed by atoms with E-state index in [1.54, 1.807) is 4.31 Å². The van der Waals surface area contributed by atoms with Gasteiger partial charge in [-0.25, -0.2) is 8.42 Å². The minimum Gasteiger partial charge on any atom is -0.469 e. The SMILES string of the molecule is CCCC1CCCCN1S(=O)(=O)CCCC(=O)OC. The van der Waals surface area contributed by atoms with Crippen molar-refractivity contribution in [3.05, 3.63) is 0 Å². The van der Waals surface area contributed by atoms with Crippen LogP contribution in [0.1, 0.15) is 51.9 Å². The molecule has 0 spiro atoms. The zero-order chi connectivity index (χ0) is 14.3. The van der Waals surface area contributed by atoms with Gasteiger partial charge in [-0.2, -0.15) is 4.31 Å². The number of rotatable bonds is 7. The Balaban J connectivity index is 2.55. The summed E-state index contributed by atoms with van der Waals surface area (Å²) in [6.07, 6.45) is 5.45. The predicted octanol–water partition coefficient (Wildman–Crippen LogP) is 1.92. The first-order chi connectivity index (χ1) is 9.01. The molecule has 1 unspecified atom stereocenters. The zero-order valence-electron chi connectivity index (χ0n) is 11.9. The van der Waals surface area contributed by atoms with Gasteiger partial charge in [0.15, 0.2) is 0 Å². The maximum absolute atomic E-state index is 12.3. The van der Waals surface area contributed by atoms with E-state index in [1.165, 1.54) is 7.11 Å². The topological polar surface area (TPSA) is 63.7 Å². The summed E-state index contributed by atoms with van der Waals surface area (Å²) in [6, 6.07) is 0.155. The lowest BCUT2D eigenvalue weighted by atomic mass is 10.0. The summed E-state index contributed by atoms with van der Waals surface area (Å²) in [6.45, 7) is 2.71. The summed E-state index contributed by atoms with van der Waals surface area (Å²) in [5.41, 5.74) is 0. The van der Waals surface area contributed by atoms with E-state index in [1.807, 2.05) is 0 Å². The first kappa shape index (κ1) is 16.4. The van der Waals surface area contributed by atoms with Gasteiger partial charge in [-0.1, -0.05) is 19.8 Å². The van der Waals surface area contributed by atoms with Crippen LogP contribution in [0.5, 0.6) is 0 Å². The third-order valence-corrected chi connectivity index (χ3v) is 5.56.